The van der Waals surface area contributed by atoms with Crippen LogP contribution in [-0.4, -0.2) is 71.3 Å². The van der Waals surface area contributed by atoms with Crippen molar-refractivity contribution < 1.29 is 14.3 Å². The monoisotopic (exact) mass is 533 g/mol. The van der Waals surface area contributed by atoms with Crippen molar-refractivity contribution in [2.75, 3.05) is 44.3 Å². The highest BCUT2D eigenvalue weighted by molar-refractivity contribution is 5.92. The number of imidazole rings is 1. The van der Waals surface area contributed by atoms with Gasteiger partial charge in [-0.3, -0.25) is 4.79 Å². The van der Waals surface area contributed by atoms with Crippen molar-refractivity contribution in [3.8, 4) is 40.4 Å². The van der Waals surface area contributed by atoms with Crippen molar-refractivity contribution in [3.63, 3.8) is 0 Å². The average molecular weight is 534 g/mol. The number of fused-ring (bicyclic) bond motifs is 1. The number of morpholine rings is 1. The summed E-state index contributed by atoms with van der Waals surface area (Å²) in [6.07, 6.45) is 2.01. The van der Waals surface area contributed by atoms with Gasteiger partial charge in [0.1, 0.15) is 35.7 Å². The lowest BCUT2D eigenvalue weighted by Crippen LogP contribution is -2.36. The second-order valence-corrected chi connectivity index (χ2v) is 9.81. The number of likely N-dealkylation sites (tertiary alicyclic amines) is 1. The van der Waals surface area contributed by atoms with Crippen LogP contribution >= 0.6 is 0 Å². The number of aromatic nitrogens is 3. The predicted octanol–water partition coefficient (Wildman–Crippen LogP) is 3.89. The number of amides is 1. The SMILES string of the molecule is N#CCC(=O)N1CCC(Oc2ccc(-c3ccnc4[nH]c(-c5ccc(N6CCOCC6)cc5)nc34)cc2C#N)C1. The highest BCUT2D eigenvalue weighted by Gasteiger charge is 2.28. The van der Waals surface area contributed by atoms with Crippen molar-refractivity contribution >= 4 is 22.8 Å². The molecule has 2 aromatic carbocycles. The number of nitrogens with zero attached hydrogens (tertiary/aromatic N) is 6. The van der Waals surface area contributed by atoms with Crippen LogP contribution in [0.25, 0.3) is 33.7 Å². The molecular formula is C30H27N7O3. The minimum absolute atomic E-state index is 0.139. The molecule has 4 heterocycles. The molecule has 10 nitrogen and oxygen atoms in total. The van der Waals surface area contributed by atoms with Gasteiger partial charge in [0.25, 0.3) is 0 Å². The van der Waals surface area contributed by atoms with Crippen LogP contribution in [0.1, 0.15) is 18.4 Å². The van der Waals surface area contributed by atoms with Crippen LogP contribution in [0.3, 0.4) is 0 Å². The summed E-state index contributed by atoms with van der Waals surface area (Å²) in [6, 6.07) is 19.8. The summed E-state index contributed by atoms with van der Waals surface area (Å²) in [6.45, 7) is 4.19. The summed E-state index contributed by atoms with van der Waals surface area (Å²) < 4.78 is 11.6. The van der Waals surface area contributed by atoms with Gasteiger partial charge in [0.05, 0.1) is 31.4 Å². The molecule has 40 heavy (non-hydrogen) atoms. The van der Waals surface area contributed by atoms with Crippen LogP contribution in [0.2, 0.25) is 0 Å². The van der Waals surface area contributed by atoms with Gasteiger partial charge in [-0.05, 0) is 48.0 Å². The molecule has 0 radical (unpaired) electrons. The molecular weight excluding hydrogens is 506 g/mol. The van der Waals surface area contributed by atoms with Gasteiger partial charge in [-0.2, -0.15) is 10.5 Å². The van der Waals surface area contributed by atoms with Crippen LogP contribution in [0, 0.1) is 22.7 Å². The minimum atomic E-state index is -0.225. The number of rotatable bonds is 6. The second kappa shape index (κ2) is 11.0. The van der Waals surface area contributed by atoms with E-state index in [9.17, 15) is 10.1 Å². The zero-order valence-corrected chi connectivity index (χ0v) is 21.8. The molecule has 0 aliphatic carbocycles. The number of hydrogen-bond donors (Lipinski definition) is 1. The Hall–Kier alpha value is -4.93. The van der Waals surface area contributed by atoms with Gasteiger partial charge in [-0.1, -0.05) is 6.07 Å². The average Bonchev–Trinajstić information content (AvgIpc) is 3.66. The normalized spacial score (nSPS) is 17.0. The van der Waals surface area contributed by atoms with Gasteiger partial charge >= 0.3 is 0 Å². The Kier molecular flexibility index (Phi) is 7.00. The highest BCUT2D eigenvalue weighted by atomic mass is 16.5. The molecule has 2 saturated heterocycles. The van der Waals surface area contributed by atoms with E-state index in [0.717, 1.165) is 60.0 Å². The second-order valence-electron chi connectivity index (χ2n) is 9.81. The summed E-state index contributed by atoms with van der Waals surface area (Å²) in [4.78, 5) is 28.7. The van der Waals surface area contributed by atoms with Crippen molar-refractivity contribution in [3.05, 3.63) is 60.3 Å². The largest absolute Gasteiger partial charge is 0.487 e. The number of carbonyl (C=O) groups excluding carboxylic acids is 1. The van der Waals surface area contributed by atoms with Gasteiger partial charge < -0.3 is 24.3 Å². The third-order valence-electron chi connectivity index (χ3n) is 7.33. The highest BCUT2D eigenvalue weighted by Crippen LogP contribution is 2.33. The molecule has 2 aliphatic rings. The van der Waals surface area contributed by atoms with Gasteiger partial charge in [0.2, 0.25) is 5.91 Å². The fourth-order valence-electron chi connectivity index (χ4n) is 5.23. The lowest BCUT2D eigenvalue weighted by molar-refractivity contribution is -0.129. The molecule has 0 spiro atoms. The molecule has 1 atom stereocenters. The van der Waals surface area contributed by atoms with E-state index in [1.165, 1.54) is 0 Å². The Morgan fingerprint density at radius 2 is 1.88 bits per heavy atom. The Bertz CT molecular complexity index is 1630. The van der Waals surface area contributed by atoms with E-state index in [2.05, 4.69) is 45.2 Å². The molecule has 1 N–H and O–H groups in total. The first-order valence-electron chi connectivity index (χ1n) is 13.3. The lowest BCUT2D eigenvalue weighted by atomic mass is 10.0. The Morgan fingerprint density at radius 1 is 1.07 bits per heavy atom. The van der Waals surface area contributed by atoms with Crippen molar-refractivity contribution in [2.45, 2.75) is 18.9 Å². The van der Waals surface area contributed by atoms with Crippen LogP contribution in [0.15, 0.2) is 54.7 Å². The van der Waals surface area contributed by atoms with Gasteiger partial charge in [-0.25, -0.2) is 9.97 Å². The summed E-state index contributed by atoms with van der Waals surface area (Å²) in [5.74, 6) is 0.998. The fourth-order valence-corrected chi connectivity index (χ4v) is 5.23. The third-order valence-corrected chi connectivity index (χ3v) is 7.33. The molecule has 200 valence electrons. The van der Waals surface area contributed by atoms with Crippen molar-refractivity contribution in [1.29, 1.82) is 10.5 Å². The standard InChI is InChI=1S/C30H27N7O3/c31-10-7-27(38)37-12-9-24(19-37)40-26-6-3-21(17-22(26)18-32)25-8-11-33-30-28(25)34-29(35-30)20-1-4-23(5-2-20)36-13-15-39-16-14-36/h1-6,8,11,17,24H,7,9,12-16,19H2,(H,33,34,35). The molecule has 2 aromatic heterocycles. The first kappa shape index (κ1) is 25.4. The first-order chi connectivity index (χ1) is 19.6. The maximum Gasteiger partial charge on any atom is 0.236 e. The summed E-state index contributed by atoms with van der Waals surface area (Å²) in [5.41, 5.74) is 5.59. The summed E-state index contributed by atoms with van der Waals surface area (Å²) >= 11 is 0. The number of pyridine rings is 1. The zero-order chi connectivity index (χ0) is 27.5. The zero-order valence-electron chi connectivity index (χ0n) is 21.8. The molecule has 6 rings (SSSR count). The van der Waals surface area contributed by atoms with Crippen LogP contribution < -0.4 is 9.64 Å². The molecule has 1 amide bonds. The van der Waals surface area contributed by atoms with E-state index in [1.54, 1.807) is 23.2 Å². The maximum absolute atomic E-state index is 12.0. The van der Waals surface area contributed by atoms with Crippen LogP contribution in [-0.2, 0) is 9.53 Å². The fraction of sp³-hybridized carbons (Fsp3) is 0.300. The molecule has 2 aliphatic heterocycles. The predicted molar refractivity (Wildman–Crippen MR) is 148 cm³/mol. The van der Waals surface area contributed by atoms with E-state index >= 15 is 0 Å². The number of ether oxygens (including phenoxy) is 2. The van der Waals surface area contributed by atoms with E-state index in [4.69, 9.17) is 19.7 Å². The number of anilines is 1. The van der Waals surface area contributed by atoms with Gasteiger partial charge in [0.15, 0.2) is 5.65 Å². The van der Waals surface area contributed by atoms with E-state index in [-0.39, 0.29) is 18.4 Å². The third kappa shape index (κ3) is 5.05. The molecule has 0 bridgehead atoms. The van der Waals surface area contributed by atoms with Gasteiger partial charge in [-0.15, -0.1) is 0 Å². The Morgan fingerprint density at radius 3 is 2.65 bits per heavy atom. The van der Waals surface area contributed by atoms with Crippen molar-refractivity contribution in [1.82, 2.24) is 19.9 Å². The number of H-pyrrole nitrogens is 1. The number of nitrogens with one attached hydrogen (secondary N) is 1. The maximum atomic E-state index is 12.0. The smallest absolute Gasteiger partial charge is 0.236 e. The first-order valence-corrected chi connectivity index (χ1v) is 13.3. The van der Waals surface area contributed by atoms with Gasteiger partial charge in [0, 0.05) is 49.1 Å². The molecule has 1 unspecified atom stereocenters. The molecule has 4 aromatic rings. The number of hydrogen-bond acceptors (Lipinski definition) is 8. The number of nitriles is 2. The van der Waals surface area contributed by atoms with Crippen molar-refractivity contribution in [2.24, 2.45) is 0 Å². The minimum Gasteiger partial charge on any atom is -0.487 e. The number of benzene rings is 2. The quantitative estimate of drug-likeness (QED) is 0.395. The van der Waals surface area contributed by atoms with E-state index in [0.29, 0.717) is 36.5 Å². The number of carbonyl (C=O) groups is 1. The van der Waals surface area contributed by atoms with Crippen LogP contribution in [0.5, 0.6) is 5.75 Å². The summed E-state index contributed by atoms with van der Waals surface area (Å²) in [5, 5.41) is 18.7. The number of aromatic amines is 1. The Labute approximate surface area is 231 Å². The van der Waals surface area contributed by atoms with Crippen LogP contribution in [0.4, 0.5) is 5.69 Å². The Balaban J connectivity index is 1.23. The van der Waals surface area contributed by atoms with E-state index < -0.39 is 0 Å². The molecule has 10 heteroatoms. The van der Waals surface area contributed by atoms with E-state index in [1.807, 2.05) is 18.2 Å². The lowest BCUT2D eigenvalue weighted by Gasteiger charge is -2.28. The summed E-state index contributed by atoms with van der Waals surface area (Å²) in [7, 11) is 0. The molecule has 0 saturated carbocycles. The topological polar surface area (TPSA) is 131 Å². The molecule has 2 fully saturated rings.